The number of rotatable bonds is 5. The molecule has 0 saturated heterocycles. The number of carbonyl (C=O) groups is 2. The number of halogens is 1. The molecule has 1 aliphatic rings. The quantitative estimate of drug-likeness (QED) is 0.769. The minimum Gasteiger partial charge on any atom is -0.350 e. The van der Waals surface area contributed by atoms with Crippen LogP contribution in [0.25, 0.3) is 0 Å². The molecule has 1 aliphatic carbocycles. The SMILES string of the molecule is CN(C)C(=O)Nc1cccc(C(=O)NCC(N)C2CC2)c1.Cl. The van der Waals surface area contributed by atoms with Gasteiger partial charge in [0.2, 0.25) is 0 Å². The molecule has 22 heavy (non-hydrogen) atoms. The van der Waals surface area contributed by atoms with Crippen molar-refractivity contribution < 1.29 is 9.59 Å². The summed E-state index contributed by atoms with van der Waals surface area (Å²) in [6.07, 6.45) is 2.31. The zero-order valence-electron chi connectivity index (χ0n) is 12.8. The van der Waals surface area contributed by atoms with Gasteiger partial charge in [-0.3, -0.25) is 4.79 Å². The van der Waals surface area contributed by atoms with E-state index in [0.29, 0.717) is 23.7 Å². The third-order valence-electron chi connectivity index (χ3n) is 3.51. The maximum absolute atomic E-state index is 12.1. The molecule has 1 aromatic carbocycles. The summed E-state index contributed by atoms with van der Waals surface area (Å²) < 4.78 is 0. The summed E-state index contributed by atoms with van der Waals surface area (Å²) in [6, 6.07) is 6.64. The zero-order chi connectivity index (χ0) is 15.4. The molecule has 1 saturated carbocycles. The summed E-state index contributed by atoms with van der Waals surface area (Å²) in [6.45, 7) is 0.484. The van der Waals surface area contributed by atoms with E-state index in [0.717, 1.165) is 12.8 Å². The van der Waals surface area contributed by atoms with Crippen molar-refractivity contribution in [2.45, 2.75) is 18.9 Å². The lowest BCUT2D eigenvalue weighted by Crippen LogP contribution is -2.38. The van der Waals surface area contributed by atoms with Crippen molar-refractivity contribution in [1.29, 1.82) is 0 Å². The first-order chi connectivity index (χ1) is 9.97. The highest BCUT2D eigenvalue weighted by Gasteiger charge is 2.28. The molecule has 1 aromatic rings. The monoisotopic (exact) mass is 326 g/mol. The number of nitrogens with one attached hydrogen (secondary N) is 2. The predicted octanol–water partition coefficient (Wildman–Crippen LogP) is 1.67. The Morgan fingerprint density at radius 2 is 2.05 bits per heavy atom. The van der Waals surface area contributed by atoms with Crippen LogP contribution in [0, 0.1) is 5.92 Å². The van der Waals surface area contributed by atoms with Gasteiger partial charge in [-0.05, 0) is 37.0 Å². The number of carbonyl (C=O) groups excluding carboxylic acids is 2. The van der Waals surface area contributed by atoms with Gasteiger partial charge in [-0.25, -0.2) is 4.79 Å². The predicted molar refractivity (Wildman–Crippen MR) is 89.4 cm³/mol. The van der Waals surface area contributed by atoms with Gasteiger partial charge in [0.05, 0.1) is 0 Å². The number of nitrogens with two attached hydrogens (primary N) is 1. The third kappa shape index (κ3) is 5.20. The maximum Gasteiger partial charge on any atom is 0.321 e. The van der Waals surface area contributed by atoms with E-state index in [2.05, 4.69) is 10.6 Å². The van der Waals surface area contributed by atoms with Crippen molar-refractivity contribution in [2.24, 2.45) is 11.7 Å². The van der Waals surface area contributed by atoms with E-state index in [-0.39, 0.29) is 30.4 Å². The lowest BCUT2D eigenvalue weighted by atomic mass is 10.1. The molecule has 0 aromatic heterocycles. The summed E-state index contributed by atoms with van der Waals surface area (Å²) in [5.41, 5.74) is 7.06. The molecule has 0 bridgehead atoms. The van der Waals surface area contributed by atoms with Crippen LogP contribution >= 0.6 is 12.4 Å². The van der Waals surface area contributed by atoms with Crippen LogP contribution in [-0.2, 0) is 0 Å². The van der Waals surface area contributed by atoms with Crippen LogP contribution in [0.2, 0.25) is 0 Å². The van der Waals surface area contributed by atoms with Crippen LogP contribution in [0.1, 0.15) is 23.2 Å². The number of benzene rings is 1. The Labute approximate surface area is 136 Å². The van der Waals surface area contributed by atoms with Gasteiger partial charge in [-0.1, -0.05) is 6.07 Å². The summed E-state index contributed by atoms with van der Waals surface area (Å²) in [5, 5.41) is 5.55. The van der Waals surface area contributed by atoms with Crippen molar-refractivity contribution in [1.82, 2.24) is 10.2 Å². The molecule has 0 heterocycles. The summed E-state index contributed by atoms with van der Waals surface area (Å²) in [4.78, 5) is 25.1. The van der Waals surface area contributed by atoms with E-state index >= 15 is 0 Å². The normalized spacial score (nSPS) is 14.5. The van der Waals surface area contributed by atoms with Crippen LogP contribution in [0.5, 0.6) is 0 Å². The van der Waals surface area contributed by atoms with Crippen LogP contribution in [0.3, 0.4) is 0 Å². The third-order valence-corrected chi connectivity index (χ3v) is 3.51. The van der Waals surface area contributed by atoms with Gasteiger partial charge in [0.15, 0.2) is 0 Å². The van der Waals surface area contributed by atoms with Crippen molar-refractivity contribution >= 4 is 30.0 Å². The van der Waals surface area contributed by atoms with Gasteiger partial charge in [0.1, 0.15) is 0 Å². The topological polar surface area (TPSA) is 87.5 Å². The van der Waals surface area contributed by atoms with E-state index in [9.17, 15) is 9.59 Å². The van der Waals surface area contributed by atoms with E-state index < -0.39 is 0 Å². The Bertz CT molecular complexity index is 532. The fraction of sp³-hybridized carbons (Fsp3) is 0.467. The Hall–Kier alpha value is -1.79. The number of anilines is 1. The van der Waals surface area contributed by atoms with E-state index in [1.54, 1.807) is 38.4 Å². The molecule has 2 rings (SSSR count). The molecule has 0 radical (unpaired) electrons. The van der Waals surface area contributed by atoms with Gasteiger partial charge in [0, 0.05) is 37.9 Å². The minimum absolute atomic E-state index is 0. The van der Waals surface area contributed by atoms with Crippen molar-refractivity contribution in [3.8, 4) is 0 Å². The molecule has 6 nitrogen and oxygen atoms in total. The summed E-state index contributed by atoms with van der Waals surface area (Å²) in [7, 11) is 3.32. The highest BCUT2D eigenvalue weighted by atomic mass is 35.5. The van der Waals surface area contributed by atoms with Crippen molar-refractivity contribution in [3.05, 3.63) is 29.8 Å². The van der Waals surface area contributed by atoms with E-state index in [1.165, 1.54) is 4.90 Å². The van der Waals surface area contributed by atoms with Crippen molar-refractivity contribution in [3.63, 3.8) is 0 Å². The van der Waals surface area contributed by atoms with Crippen molar-refractivity contribution in [2.75, 3.05) is 26.0 Å². The van der Waals surface area contributed by atoms with E-state index in [1.807, 2.05) is 0 Å². The molecule has 1 fully saturated rings. The minimum atomic E-state index is -0.233. The van der Waals surface area contributed by atoms with Gasteiger partial charge < -0.3 is 21.3 Å². The molecule has 1 unspecified atom stereocenters. The average molecular weight is 327 g/mol. The molecule has 3 amide bonds. The fourth-order valence-corrected chi connectivity index (χ4v) is 1.98. The van der Waals surface area contributed by atoms with E-state index in [4.69, 9.17) is 5.73 Å². The standard InChI is InChI=1S/C15H22N4O2.ClH/c1-19(2)15(21)18-12-5-3-4-11(8-12)14(20)17-9-13(16)10-6-7-10;/h3-5,8,10,13H,6-7,9,16H2,1-2H3,(H,17,20)(H,18,21);1H. The first-order valence-corrected chi connectivity index (χ1v) is 7.09. The second kappa shape index (κ2) is 8.00. The Morgan fingerprint density at radius 3 is 2.64 bits per heavy atom. The van der Waals surface area contributed by atoms with Gasteiger partial charge in [-0.2, -0.15) is 0 Å². The molecular formula is C15H23ClN4O2. The molecule has 1 atom stereocenters. The molecule has 7 heteroatoms. The molecular weight excluding hydrogens is 304 g/mol. The molecule has 122 valence electrons. The fourth-order valence-electron chi connectivity index (χ4n) is 1.98. The van der Waals surface area contributed by atoms with Crippen LogP contribution in [0.15, 0.2) is 24.3 Å². The first-order valence-electron chi connectivity index (χ1n) is 7.09. The Kier molecular flexibility index (Phi) is 6.64. The number of hydrogen-bond acceptors (Lipinski definition) is 3. The zero-order valence-corrected chi connectivity index (χ0v) is 13.7. The second-order valence-electron chi connectivity index (χ2n) is 5.62. The van der Waals surface area contributed by atoms with Gasteiger partial charge in [-0.15, -0.1) is 12.4 Å². The average Bonchev–Trinajstić information content (AvgIpc) is 3.29. The van der Waals surface area contributed by atoms with Crippen LogP contribution in [-0.4, -0.2) is 43.5 Å². The summed E-state index contributed by atoms with van der Waals surface area (Å²) in [5.74, 6) is 0.378. The highest BCUT2D eigenvalue weighted by Crippen LogP contribution is 2.31. The molecule has 0 aliphatic heterocycles. The highest BCUT2D eigenvalue weighted by molar-refractivity contribution is 5.96. The molecule has 0 spiro atoms. The Balaban J connectivity index is 0.00000242. The maximum atomic E-state index is 12.1. The van der Waals surface area contributed by atoms with Gasteiger partial charge >= 0.3 is 6.03 Å². The Morgan fingerprint density at radius 1 is 1.36 bits per heavy atom. The number of urea groups is 1. The summed E-state index contributed by atoms with van der Waals surface area (Å²) >= 11 is 0. The number of hydrogen-bond donors (Lipinski definition) is 3. The first kappa shape index (κ1) is 18.3. The van der Waals surface area contributed by atoms with Gasteiger partial charge in [0.25, 0.3) is 5.91 Å². The lowest BCUT2D eigenvalue weighted by molar-refractivity contribution is 0.0950. The number of nitrogens with zero attached hydrogens (tertiary/aromatic N) is 1. The lowest BCUT2D eigenvalue weighted by Gasteiger charge is -2.14. The molecule has 4 N–H and O–H groups in total. The smallest absolute Gasteiger partial charge is 0.321 e. The second-order valence-corrected chi connectivity index (χ2v) is 5.62. The van der Waals surface area contributed by atoms with Crippen LogP contribution < -0.4 is 16.4 Å². The number of amides is 3. The largest absolute Gasteiger partial charge is 0.350 e. The van der Waals surface area contributed by atoms with Crippen LogP contribution in [0.4, 0.5) is 10.5 Å².